The summed E-state index contributed by atoms with van der Waals surface area (Å²) in [7, 11) is 0. The summed E-state index contributed by atoms with van der Waals surface area (Å²) in [6.07, 6.45) is 51.8. The average Bonchev–Trinajstić information content (AvgIpc) is 2.94. The quantitative estimate of drug-likeness (QED) is 0.0691. The fourth-order valence-corrected chi connectivity index (χ4v) is 6.63. The van der Waals surface area contributed by atoms with Crippen molar-refractivity contribution in [3.8, 4) is 0 Å². The van der Waals surface area contributed by atoms with Crippen molar-refractivity contribution in [3.63, 3.8) is 0 Å². The van der Waals surface area contributed by atoms with Crippen LogP contribution in [-0.4, -0.2) is 0 Å². The Morgan fingerprint density at radius 3 is 0.615 bits per heavy atom. The van der Waals surface area contributed by atoms with Gasteiger partial charge in [-0.05, 0) is 5.92 Å². The number of rotatable bonds is 35. The highest BCUT2D eigenvalue weighted by molar-refractivity contribution is 4.61. The Labute approximate surface area is 251 Å². The minimum Gasteiger partial charge on any atom is -0.0654 e. The molecule has 1 unspecified atom stereocenters. The first-order chi connectivity index (χ1) is 19.3. The molecule has 0 saturated heterocycles. The Bertz CT molecular complexity index is 399. The highest BCUT2D eigenvalue weighted by Crippen LogP contribution is 2.23. The van der Waals surface area contributed by atoms with E-state index in [1.54, 1.807) is 0 Å². The molecule has 0 aromatic heterocycles. The van der Waals surface area contributed by atoms with Crippen molar-refractivity contribution in [3.05, 3.63) is 0 Å². The van der Waals surface area contributed by atoms with Gasteiger partial charge in [-0.1, -0.05) is 245 Å². The van der Waals surface area contributed by atoms with Crippen molar-refractivity contribution >= 4 is 0 Å². The van der Waals surface area contributed by atoms with E-state index < -0.39 is 0 Å². The van der Waals surface area contributed by atoms with E-state index in [0.717, 1.165) is 5.92 Å². The molecule has 0 aromatic carbocycles. The third kappa shape index (κ3) is 34.1. The van der Waals surface area contributed by atoms with Crippen molar-refractivity contribution < 1.29 is 0 Å². The second-order valence-corrected chi connectivity index (χ2v) is 13.5. The van der Waals surface area contributed by atoms with Crippen molar-refractivity contribution in [1.29, 1.82) is 0 Å². The van der Waals surface area contributed by atoms with Gasteiger partial charge in [-0.2, -0.15) is 0 Å². The summed E-state index contributed by atoms with van der Waals surface area (Å²) in [5, 5.41) is 0. The molecular formula is C39H80. The van der Waals surface area contributed by atoms with Crippen LogP contribution in [0.3, 0.4) is 0 Å². The zero-order valence-corrected chi connectivity index (χ0v) is 28.3. The third-order valence-electron chi connectivity index (χ3n) is 9.38. The first-order valence-corrected chi connectivity index (χ1v) is 19.3. The van der Waals surface area contributed by atoms with Crippen LogP contribution in [0, 0.1) is 5.92 Å². The first-order valence-electron chi connectivity index (χ1n) is 19.3. The van der Waals surface area contributed by atoms with Gasteiger partial charge in [-0.15, -0.1) is 0 Å². The molecule has 0 aliphatic carbocycles. The lowest BCUT2D eigenvalue weighted by Gasteiger charge is -2.16. The summed E-state index contributed by atoms with van der Waals surface area (Å²) in [4.78, 5) is 0. The van der Waals surface area contributed by atoms with Crippen molar-refractivity contribution in [2.45, 2.75) is 245 Å². The molecule has 39 heavy (non-hydrogen) atoms. The molecule has 0 N–H and O–H groups in total. The first kappa shape index (κ1) is 39.0. The van der Waals surface area contributed by atoms with Crippen LogP contribution in [0.25, 0.3) is 0 Å². The molecule has 0 aliphatic heterocycles. The molecule has 0 saturated carbocycles. The Hall–Kier alpha value is 0. The summed E-state index contributed by atoms with van der Waals surface area (Å²) in [6.45, 7) is 7.02. The maximum Gasteiger partial charge on any atom is -0.0414 e. The molecule has 0 nitrogen and oxygen atoms in total. The lowest BCUT2D eigenvalue weighted by molar-refractivity contribution is 0.376. The van der Waals surface area contributed by atoms with Crippen LogP contribution in [0.5, 0.6) is 0 Å². The summed E-state index contributed by atoms with van der Waals surface area (Å²) in [6, 6.07) is 0. The van der Waals surface area contributed by atoms with Crippen LogP contribution in [0.4, 0.5) is 0 Å². The molecule has 0 radical (unpaired) electrons. The van der Waals surface area contributed by atoms with Gasteiger partial charge in [0.05, 0.1) is 0 Å². The minimum absolute atomic E-state index is 1.03. The molecule has 0 aromatic rings. The maximum atomic E-state index is 2.40. The van der Waals surface area contributed by atoms with Crippen LogP contribution in [0.15, 0.2) is 0 Å². The second-order valence-electron chi connectivity index (χ2n) is 13.5. The van der Waals surface area contributed by atoms with E-state index in [2.05, 4.69) is 20.8 Å². The monoisotopic (exact) mass is 549 g/mol. The number of hydrogen-bond donors (Lipinski definition) is 0. The van der Waals surface area contributed by atoms with E-state index in [0.29, 0.717) is 0 Å². The summed E-state index contributed by atoms with van der Waals surface area (Å²) in [5.41, 5.74) is 0. The van der Waals surface area contributed by atoms with Gasteiger partial charge in [0.25, 0.3) is 0 Å². The van der Waals surface area contributed by atoms with E-state index in [-0.39, 0.29) is 0 Å². The zero-order chi connectivity index (χ0) is 28.3. The fourth-order valence-electron chi connectivity index (χ4n) is 6.63. The van der Waals surface area contributed by atoms with E-state index in [1.807, 2.05) is 0 Å². The molecule has 1 atom stereocenters. The smallest absolute Gasteiger partial charge is 0.0414 e. The van der Waals surface area contributed by atoms with Gasteiger partial charge < -0.3 is 0 Å². The Kier molecular flexibility index (Phi) is 36.0. The van der Waals surface area contributed by atoms with Crippen LogP contribution < -0.4 is 0 Å². The topological polar surface area (TPSA) is 0 Å². The van der Waals surface area contributed by atoms with Crippen LogP contribution >= 0.6 is 0 Å². The SMILES string of the molecule is CCCCCCCCCCCCCCCCCCCC(CCC)CCCCCCCCCCCCCCCC. The molecule has 0 spiro atoms. The van der Waals surface area contributed by atoms with E-state index in [4.69, 9.17) is 0 Å². The normalized spacial score (nSPS) is 12.4. The van der Waals surface area contributed by atoms with Crippen LogP contribution in [0.1, 0.15) is 245 Å². The molecular weight excluding hydrogens is 468 g/mol. The molecule has 0 rings (SSSR count). The average molecular weight is 549 g/mol. The van der Waals surface area contributed by atoms with E-state index in [9.17, 15) is 0 Å². The maximum absolute atomic E-state index is 2.40. The lowest BCUT2D eigenvalue weighted by Crippen LogP contribution is -2.00. The molecule has 0 amide bonds. The summed E-state index contributed by atoms with van der Waals surface area (Å²) in [5.74, 6) is 1.03. The Morgan fingerprint density at radius 1 is 0.205 bits per heavy atom. The molecule has 236 valence electrons. The van der Waals surface area contributed by atoms with Crippen molar-refractivity contribution in [1.82, 2.24) is 0 Å². The van der Waals surface area contributed by atoms with Gasteiger partial charge >= 0.3 is 0 Å². The summed E-state index contributed by atoms with van der Waals surface area (Å²) >= 11 is 0. The standard InChI is InChI=1S/C39H80/c1-4-7-9-11-13-15-17-19-21-22-23-25-27-29-31-33-35-38-39(36-6-3)37-34-32-30-28-26-24-20-18-16-14-12-10-8-5-2/h39H,4-38H2,1-3H3. The van der Waals surface area contributed by atoms with Gasteiger partial charge in [0.2, 0.25) is 0 Å². The van der Waals surface area contributed by atoms with E-state index >= 15 is 0 Å². The molecule has 0 heteroatoms. The Balaban J connectivity index is 3.35. The van der Waals surface area contributed by atoms with Gasteiger partial charge in [0, 0.05) is 0 Å². The predicted molar refractivity (Wildman–Crippen MR) is 182 cm³/mol. The second kappa shape index (κ2) is 36.0. The van der Waals surface area contributed by atoms with Crippen LogP contribution in [0.2, 0.25) is 0 Å². The predicted octanol–water partition coefficient (Wildman–Crippen LogP) is 15.3. The van der Waals surface area contributed by atoms with Crippen LogP contribution in [-0.2, 0) is 0 Å². The van der Waals surface area contributed by atoms with Gasteiger partial charge in [0.1, 0.15) is 0 Å². The molecule has 0 heterocycles. The molecule has 0 aliphatic rings. The van der Waals surface area contributed by atoms with Gasteiger partial charge in [0.15, 0.2) is 0 Å². The number of hydrogen-bond acceptors (Lipinski definition) is 0. The molecule has 0 fully saturated rings. The van der Waals surface area contributed by atoms with E-state index in [1.165, 1.54) is 225 Å². The highest BCUT2D eigenvalue weighted by Gasteiger charge is 2.07. The largest absolute Gasteiger partial charge is 0.0654 e. The molecule has 0 bridgehead atoms. The van der Waals surface area contributed by atoms with Gasteiger partial charge in [-0.3, -0.25) is 0 Å². The lowest BCUT2D eigenvalue weighted by atomic mass is 9.90. The fraction of sp³-hybridized carbons (Fsp3) is 1.00. The van der Waals surface area contributed by atoms with Gasteiger partial charge in [-0.25, -0.2) is 0 Å². The minimum atomic E-state index is 1.03. The highest BCUT2D eigenvalue weighted by atomic mass is 14.1. The Morgan fingerprint density at radius 2 is 0.410 bits per heavy atom. The summed E-state index contributed by atoms with van der Waals surface area (Å²) < 4.78 is 0. The van der Waals surface area contributed by atoms with Crippen molar-refractivity contribution in [2.75, 3.05) is 0 Å². The zero-order valence-electron chi connectivity index (χ0n) is 28.3. The van der Waals surface area contributed by atoms with Crippen molar-refractivity contribution in [2.24, 2.45) is 5.92 Å². The number of unbranched alkanes of at least 4 members (excludes halogenated alkanes) is 29. The third-order valence-corrected chi connectivity index (χ3v) is 9.38.